The van der Waals surface area contributed by atoms with Crippen LogP contribution in [0.3, 0.4) is 0 Å². The predicted octanol–water partition coefficient (Wildman–Crippen LogP) is 3.07. The van der Waals surface area contributed by atoms with E-state index in [2.05, 4.69) is 21.7 Å². The van der Waals surface area contributed by atoms with Gasteiger partial charge in [-0.25, -0.2) is 17.8 Å². The summed E-state index contributed by atoms with van der Waals surface area (Å²) in [6, 6.07) is 12.1. The van der Waals surface area contributed by atoms with E-state index in [1.165, 1.54) is 23.8 Å². The Kier molecular flexibility index (Phi) is 9.11. The van der Waals surface area contributed by atoms with Crippen molar-refractivity contribution in [1.29, 1.82) is 0 Å². The molecule has 0 aliphatic carbocycles. The first-order valence-corrected chi connectivity index (χ1v) is 12.0. The number of halogens is 1. The highest BCUT2D eigenvalue weighted by atomic mass is 32.2. The fraction of sp³-hybridized carbons (Fsp3) is 0.409. The Bertz CT molecular complexity index is 962. The molecule has 2 aromatic carbocycles. The fourth-order valence-electron chi connectivity index (χ4n) is 3.00. The lowest BCUT2D eigenvalue weighted by Crippen LogP contribution is -2.37. The van der Waals surface area contributed by atoms with Gasteiger partial charge >= 0.3 is 0 Å². The van der Waals surface area contributed by atoms with Gasteiger partial charge < -0.3 is 15.4 Å². The van der Waals surface area contributed by atoms with E-state index in [1.54, 1.807) is 7.11 Å². The summed E-state index contributed by atoms with van der Waals surface area (Å²) in [5, 5.41) is 6.43. The molecule has 0 saturated carbocycles. The molecule has 0 radical (unpaired) electrons. The van der Waals surface area contributed by atoms with Crippen molar-refractivity contribution < 1.29 is 17.5 Å². The van der Waals surface area contributed by atoms with E-state index in [-0.39, 0.29) is 12.3 Å². The lowest BCUT2D eigenvalue weighted by Gasteiger charge is -2.13. The van der Waals surface area contributed by atoms with Crippen molar-refractivity contribution >= 4 is 15.8 Å². The number of hydrogen-bond acceptors (Lipinski definition) is 4. The van der Waals surface area contributed by atoms with Crippen LogP contribution in [0.5, 0.6) is 5.75 Å². The highest BCUT2D eigenvalue weighted by molar-refractivity contribution is 7.89. The molecule has 0 amide bonds. The Labute approximate surface area is 178 Å². The first-order chi connectivity index (χ1) is 14.3. The number of sulfone groups is 1. The van der Waals surface area contributed by atoms with Crippen molar-refractivity contribution in [3.63, 3.8) is 0 Å². The number of nitrogens with one attached hydrogen (secondary N) is 2. The van der Waals surface area contributed by atoms with Gasteiger partial charge in [0, 0.05) is 19.3 Å². The lowest BCUT2D eigenvalue weighted by atomic mass is 10.1. The van der Waals surface area contributed by atoms with Crippen LogP contribution in [0, 0.1) is 5.82 Å². The number of aliphatic imine (C=N–C) groups is 1. The average Bonchev–Trinajstić information content (AvgIpc) is 2.70. The van der Waals surface area contributed by atoms with Crippen LogP contribution in [0.15, 0.2) is 47.5 Å². The zero-order valence-electron chi connectivity index (χ0n) is 17.7. The third kappa shape index (κ3) is 8.41. The number of rotatable bonds is 10. The second-order valence-electron chi connectivity index (χ2n) is 7.06. The molecule has 0 saturated heterocycles. The molecule has 30 heavy (non-hydrogen) atoms. The Morgan fingerprint density at radius 1 is 1.13 bits per heavy atom. The minimum Gasteiger partial charge on any atom is -0.497 e. The molecule has 2 N–H and O–H groups in total. The Balaban J connectivity index is 1.98. The Morgan fingerprint density at radius 2 is 1.93 bits per heavy atom. The number of aryl methyl sites for hydroxylation is 1. The van der Waals surface area contributed by atoms with Crippen molar-refractivity contribution in [2.75, 3.05) is 26.5 Å². The molecule has 0 spiro atoms. The lowest BCUT2D eigenvalue weighted by molar-refractivity contribution is 0.414. The van der Waals surface area contributed by atoms with Crippen LogP contribution in [0.4, 0.5) is 4.39 Å². The normalized spacial score (nSPS) is 11.9. The molecule has 0 bridgehead atoms. The van der Waals surface area contributed by atoms with Crippen molar-refractivity contribution in [2.45, 2.75) is 32.1 Å². The van der Waals surface area contributed by atoms with E-state index < -0.39 is 15.7 Å². The topological polar surface area (TPSA) is 79.8 Å². The summed E-state index contributed by atoms with van der Waals surface area (Å²) in [7, 11) is -1.57. The third-order valence-electron chi connectivity index (χ3n) is 4.41. The maximum absolute atomic E-state index is 13.7. The first kappa shape index (κ1) is 23.7. The molecule has 0 unspecified atom stereocenters. The van der Waals surface area contributed by atoms with Gasteiger partial charge in [0.1, 0.15) is 11.6 Å². The summed E-state index contributed by atoms with van der Waals surface area (Å²) < 4.78 is 42.2. The molecule has 0 atom stereocenters. The molecule has 0 fully saturated rings. The van der Waals surface area contributed by atoms with Crippen molar-refractivity contribution in [3.8, 4) is 5.75 Å². The monoisotopic (exact) mass is 435 g/mol. The van der Waals surface area contributed by atoms with Crippen molar-refractivity contribution in [2.24, 2.45) is 4.99 Å². The second kappa shape index (κ2) is 11.5. The van der Waals surface area contributed by atoms with Gasteiger partial charge in [0.25, 0.3) is 0 Å². The number of hydrogen-bond donors (Lipinski definition) is 2. The van der Waals surface area contributed by atoms with Gasteiger partial charge in [-0.3, -0.25) is 0 Å². The maximum Gasteiger partial charge on any atom is 0.191 e. The van der Waals surface area contributed by atoms with Gasteiger partial charge in [-0.1, -0.05) is 18.2 Å². The first-order valence-electron chi connectivity index (χ1n) is 9.91. The molecule has 2 rings (SSSR count). The minimum absolute atomic E-state index is 0.136. The van der Waals surface area contributed by atoms with E-state index in [4.69, 9.17) is 4.74 Å². The maximum atomic E-state index is 13.7. The molecule has 0 heterocycles. The SMILES string of the molecule is CCNC(=NCc1cc(F)ccc1CS(C)(=O)=O)NCCCc1cccc(OC)c1. The van der Waals surface area contributed by atoms with Crippen LogP contribution in [0.2, 0.25) is 0 Å². The Morgan fingerprint density at radius 3 is 2.63 bits per heavy atom. The summed E-state index contributed by atoms with van der Waals surface area (Å²) in [5.74, 6) is 0.907. The molecule has 0 aliphatic heterocycles. The summed E-state index contributed by atoms with van der Waals surface area (Å²) >= 11 is 0. The van der Waals surface area contributed by atoms with E-state index in [9.17, 15) is 12.8 Å². The van der Waals surface area contributed by atoms with E-state index >= 15 is 0 Å². The van der Waals surface area contributed by atoms with Gasteiger partial charge in [-0.2, -0.15) is 0 Å². The zero-order chi connectivity index (χ0) is 22.0. The van der Waals surface area contributed by atoms with Crippen LogP contribution in [-0.4, -0.2) is 40.8 Å². The number of guanidine groups is 1. The summed E-state index contributed by atoms with van der Waals surface area (Å²) in [6.45, 7) is 3.54. The van der Waals surface area contributed by atoms with Crippen LogP contribution < -0.4 is 15.4 Å². The van der Waals surface area contributed by atoms with Gasteiger partial charge in [0.15, 0.2) is 15.8 Å². The van der Waals surface area contributed by atoms with Gasteiger partial charge in [0.05, 0.1) is 19.4 Å². The molecule has 164 valence electrons. The van der Waals surface area contributed by atoms with Crippen LogP contribution in [-0.2, 0) is 28.6 Å². The highest BCUT2D eigenvalue weighted by Gasteiger charge is 2.11. The third-order valence-corrected chi connectivity index (χ3v) is 5.24. The molecular formula is C22H30FN3O3S. The van der Waals surface area contributed by atoms with Gasteiger partial charge in [0.2, 0.25) is 0 Å². The molecule has 0 aromatic heterocycles. The van der Waals surface area contributed by atoms with Crippen LogP contribution >= 0.6 is 0 Å². The standard InChI is InChI=1S/C22H30FN3O3S/c1-4-24-22(25-12-6-8-17-7-5-9-21(13-17)29-2)26-15-19-14-20(23)11-10-18(19)16-30(3,27)28/h5,7,9-11,13-14H,4,6,8,12,15-16H2,1-3H3,(H2,24,25,26). The van der Waals surface area contributed by atoms with Crippen molar-refractivity contribution in [1.82, 2.24) is 10.6 Å². The fourth-order valence-corrected chi connectivity index (χ4v) is 3.84. The molecule has 6 nitrogen and oxygen atoms in total. The van der Waals surface area contributed by atoms with Gasteiger partial charge in [-0.05, 0) is 60.7 Å². The summed E-state index contributed by atoms with van der Waals surface area (Å²) in [6.07, 6.45) is 2.96. The largest absolute Gasteiger partial charge is 0.497 e. The van der Waals surface area contributed by atoms with E-state index in [0.717, 1.165) is 24.8 Å². The molecule has 0 aliphatic rings. The highest BCUT2D eigenvalue weighted by Crippen LogP contribution is 2.16. The summed E-state index contributed by atoms with van der Waals surface area (Å²) in [5.41, 5.74) is 2.33. The Hall–Kier alpha value is -2.61. The van der Waals surface area contributed by atoms with Crippen molar-refractivity contribution in [3.05, 3.63) is 65.0 Å². The zero-order valence-corrected chi connectivity index (χ0v) is 18.6. The quantitative estimate of drug-likeness (QED) is 0.341. The predicted molar refractivity (Wildman–Crippen MR) is 119 cm³/mol. The molecule has 8 heteroatoms. The van der Waals surface area contributed by atoms with Crippen LogP contribution in [0.25, 0.3) is 0 Å². The average molecular weight is 436 g/mol. The number of nitrogens with zero attached hydrogens (tertiary/aromatic N) is 1. The van der Waals surface area contributed by atoms with Crippen LogP contribution in [0.1, 0.15) is 30.0 Å². The van der Waals surface area contributed by atoms with E-state index in [0.29, 0.717) is 30.2 Å². The number of ether oxygens (including phenoxy) is 1. The minimum atomic E-state index is -3.22. The smallest absolute Gasteiger partial charge is 0.191 e. The molecule has 2 aromatic rings. The number of methoxy groups -OCH3 is 1. The van der Waals surface area contributed by atoms with Gasteiger partial charge in [-0.15, -0.1) is 0 Å². The second-order valence-corrected chi connectivity index (χ2v) is 9.20. The van der Waals surface area contributed by atoms with E-state index in [1.807, 2.05) is 25.1 Å². The summed E-state index contributed by atoms with van der Waals surface area (Å²) in [4.78, 5) is 4.50. The molecular weight excluding hydrogens is 405 g/mol. The number of benzene rings is 2.